The number of amides is 2. The third kappa shape index (κ3) is 8.33. The molecule has 39 heavy (non-hydrogen) atoms. The number of nitrogens with one attached hydrogen (secondary N) is 2. The van der Waals surface area contributed by atoms with E-state index in [2.05, 4.69) is 10.6 Å². The molecular weight excluding hydrogens is 610 g/mol. The zero-order valence-corrected chi connectivity index (χ0v) is 25.2. The highest BCUT2D eigenvalue weighted by Gasteiger charge is 2.42. The maximum Gasteiger partial charge on any atom is 0.315 e. The molecule has 0 saturated carbocycles. The van der Waals surface area contributed by atoms with Gasteiger partial charge in [0.15, 0.2) is 11.6 Å². The molecule has 2 heterocycles. The van der Waals surface area contributed by atoms with E-state index < -0.39 is 17.3 Å². The SMILES string of the molecule is CC(=O)C(=O)c1c(Cl)c(Cl)c(C(=O)CCCOCCCC(=O)CCCCC2SCC3NC(=O)NC32)c(Cl)c1Cl. The van der Waals surface area contributed by atoms with Crippen LogP contribution >= 0.6 is 58.2 Å². The Morgan fingerprint density at radius 3 is 2.08 bits per heavy atom. The minimum Gasteiger partial charge on any atom is -0.381 e. The first-order valence-electron chi connectivity index (χ1n) is 12.7. The zero-order chi connectivity index (χ0) is 28.7. The molecule has 1 aromatic rings. The van der Waals surface area contributed by atoms with E-state index in [1.807, 2.05) is 11.8 Å². The summed E-state index contributed by atoms with van der Waals surface area (Å²) in [5.74, 6) is -1.03. The smallest absolute Gasteiger partial charge is 0.315 e. The van der Waals surface area contributed by atoms with Gasteiger partial charge in [0.2, 0.25) is 5.78 Å². The third-order valence-corrected chi connectivity index (χ3v) is 9.87. The van der Waals surface area contributed by atoms with Gasteiger partial charge in [-0.25, -0.2) is 4.79 Å². The van der Waals surface area contributed by atoms with Gasteiger partial charge >= 0.3 is 6.03 Å². The average Bonchev–Trinajstić information content (AvgIpc) is 3.44. The van der Waals surface area contributed by atoms with E-state index in [4.69, 9.17) is 51.1 Å². The molecule has 2 amide bonds. The molecule has 3 rings (SSSR count). The Hall–Kier alpha value is -1.36. The molecular formula is C26H30Cl4N2O6S. The number of rotatable bonds is 16. The summed E-state index contributed by atoms with van der Waals surface area (Å²) >= 11 is 26.5. The monoisotopic (exact) mass is 638 g/mol. The first kappa shape index (κ1) is 32.2. The Balaban J connectivity index is 1.29. The van der Waals surface area contributed by atoms with Gasteiger partial charge in [-0.05, 0) is 25.7 Å². The lowest BCUT2D eigenvalue weighted by molar-refractivity contribution is -0.119. The molecule has 0 bridgehead atoms. The number of halogens is 4. The lowest BCUT2D eigenvalue weighted by atomic mass is 10.0. The Morgan fingerprint density at radius 1 is 0.846 bits per heavy atom. The Bertz CT molecular complexity index is 1120. The van der Waals surface area contributed by atoms with Crippen LogP contribution < -0.4 is 10.6 Å². The number of urea groups is 1. The first-order valence-corrected chi connectivity index (χ1v) is 15.3. The van der Waals surface area contributed by atoms with E-state index >= 15 is 0 Å². The van der Waals surface area contributed by atoms with Crippen LogP contribution in [0.5, 0.6) is 0 Å². The van der Waals surface area contributed by atoms with E-state index in [-0.39, 0.29) is 61.5 Å². The third-order valence-electron chi connectivity index (χ3n) is 6.66. The predicted octanol–water partition coefficient (Wildman–Crippen LogP) is 6.13. The molecule has 8 nitrogen and oxygen atoms in total. The second-order valence-corrected chi connectivity index (χ2v) is 12.3. The van der Waals surface area contributed by atoms with Crippen molar-refractivity contribution in [3.8, 4) is 0 Å². The van der Waals surface area contributed by atoms with Crippen LogP contribution in [-0.2, 0) is 14.3 Å². The molecule has 2 aliphatic rings. The summed E-state index contributed by atoms with van der Waals surface area (Å²) in [6.07, 6.45) is 4.77. The number of carbonyl (C=O) groups excluding carboxylic acids is 5. The van der Waals surface area contributed by atoms with Gasteiger partial charge in [-0.15, -0.1) is 0 Å². The zero-order valence-electron chi connectivity index (χ0n) is 21.4. The summed E-state index contributed by atoms with van der Waals surface area (Å²) in [5, 5.41) is 5.28. The van der Waals surface area contributed by atoms with Crippen molar-refractivity contribution in [1.29, 1.82) is 0 Å². The van der Waals surface area contributed by atoms with E-state index in [0.717, 1.165) is 31.9 Å². The molecule has 13 heteroatoms. The number of hydrogen-bond donors (Lipinski definition) is 2. The highest BCUT2D eigenvalue weighted by atomic mass is 35.5. The van der Waals surface area contributed by atoms with Crippen molar-refractivity contribution in [3.63, 3.8) is 0 Å². The van der Waals surface area contributed by atoms with Crippen molar-refractivity contribution < 1.29 is 28.7 Å². The Labute approximate surface area is 251 Å². The molecule has 0 aliphatic carbocycles. The number of ketones is 4. The highest BCUT2D eigenvalue weighted by molar-refractivity contribution is 8.00. The number of unbranched alkanes of at least 4 members (excludes halogenated alkanes) is 1. The van der Waals surface area contributed by atoms with Crippen LogP contribution in [0.15, 0.2) is 0 Å². The van der Waals surface area contributed by atoms with Crippen molar-refractivity contribution in [3.05, 3.63) is 31.2 Å². The van der Waals surface area contributed by atoms with Crippen LogP contribution in [0.4, 0.5) is 4.79 Å². The Morgan fingerprint density at radius 2 is 1.44 bits per heavy atom. The Kier molecular flexibility index (Phi) is 12.4. The van der Waals surface area contributed by atoms with Crippen LogP contribution in [0.3, 0.4) is 0 Å². The van der Waals surface area contributed by atoms with Gasteiger partial charge in [0, 0.05) is 50.4 Å². The molecule has 1 aromatic carbocycles. The number of thioether (sulfide) groups is 1. The summed E-state index contributed by atoms with van der Waals surface area (Å²) in [5.41, 5.74) is -0.423. The number of ether oxygens (including phenoxy) is 1. The van der Waals surface area contributed by atoms with Crippen LogP contribution in [0.2, 0.25) is 20.1 Å². The quantitative estimate of drug-likeness (QED) is 0.0735. The van der Waals surface area contributed by atoms with Crippen LogP contribution in [-0.4, -0.2) is 65.5 Å². The average molecular weight is 640 g/mol. The minimum atomic E-state index is -0.945. The summed E-state index contributed by atoms with van der Waals surface area (Å²) in [4.78, 5) is 59.9. The fourth-order valence-electron chi connectivity index (χ4n) is 4.62. The van der Waals surface area contributed by atoms with E-state index in [1.54, 1.807) is 0 Å². The van der Waals surface area contributed by atoms with Gasteiger partial charge in [-0.2, -0.15) is 11.8 Å². The topological polar surface area (TPSA) is 119 Å². The molecule has 2 aliphatic heterocycles. The lowest BCUT2D eigenvalue weighted by Crippen LogP contribution is -2.36. The van der Waals surface area contributed by atoms with Crippen LogP contribution in [0.1, 0.15) is 79.0 Å². The van der Waals surface area contributed by atoms with Crippen molar-refractivity contribution in [2.24, 2.45) is 0 Å². The molecule has 3 atom stereocenters. The number of benzene rings is 1. The van der Waals surface area contributed by atoms with Gasteiger partial charge in [0.1, 0.15) is 5.78 Å². The normalized spacial score (nSPS) is 19.9. The lowest BCUT2D eigenvalue weighted by Gasteiger charge is -2.16. The number of fused-ring (bicyclic) bond motifs is 1. The van der Waals surface area contributed by atoms with Gasteiger partial charge in [0.25, 0.3) is 0 Å². The molecule has 214 valence electrons. The van der Waals surface area contributed by atoms with E-state index in [1.165, 1.54) is 0 Å². The highest BCUT2D eigenvalue weighted by Crippen LogP contribution is 2.42. The second-order valence-electron chi connectivity index (χ2n) is 9.54. The summed E-state index contributed by atoms with van der Waals surface area (Å²) < 4.78 is 5.55. The van der Waals surface area contributed by atoms with Crippen molar-refractivity contribution in [1.82, 2.24) is 10.6 Å². The predicted molar refractivity (Wildman–Crippen MR) is 154 cm³/mol. The number of carbonyl (C=O) groups is 5. The maximum absolute atomic E-state index is 12.7. The summed E-state index contributed by atoms with van der Waals surface area (Å²) in [7, 11) is 0. The summed E-state index contributed by atoms with van der Waals surface area (Å²) in [6, 6.07) is 0.328. The van der Waals surface area contributed by atoms with Crippen molar-refractivity contribution in [2.75, 3.05) is 19.0 Å². The van der Waals surface area contributed by atoms with Crippen LogP contribution in [0.25, 0.3) is 0 Å². The van der Waals surface area contributed by atoms with Gasteiger partial charge in [0.05, 0.1) is 43.3 Å². The molecule has 2 saturated heterocycles. The molecule has 2 N–H and O–H groups in total. The minimum absolute atomic E-state index is 0.0473. The first-order chi connectivity index (χ1) is 18.5. The fourth-order valence-corrected chi connectivity index (χ4v) is 7.40. The molecule has 0 spiro atoms. The van der Waals surface area contributed by atoms with Crippen molar-refractivity contribution >= 4 is 87.3 Å². The van der Waals surface area contributed by atoms with Gasteiger partial charge in [-0.3, -0.25) is 19.2 Å². The molecule has 2 fully saturated rings. The van der Waals surface area contributed by atoms with E-state index in [9.17, 15) is 24.0 Å². The molecule has 0 radical (unpaired) electrons. The fraction of sp³-hybridized carbons (Fsp3) is 0.577. The molecule has 3 unspecified atom stereocenters. The van der Waals surface area contributed by atoms with Gasteiger partial charge in [-0.1, -0.05) is 52.8 Å². The van der Waals surface area contributed by atoms with Crippen LogP contribution in [0, 0.1) is 0 Å². The number of hydrogen-bond acceptors (Lipinski definition) is 7. The summed E-state index contributed by atoms with van der Waals surface area (Å²) in [6.45, 7) is 1.76. The molecule has 0 aromatic heterocycles. The largest absolute Gasteiger partial charge is 0.381 e. The van der Waals surface area contributed by atoms with Crippen molar-refractivity contribution in [2.45, 2.75) is 75.6 Å². The van der Waals surface area contributed by atoms with E-state index in [0.29, 0.717) is 44.1 Å². The number of Topliss-reactive ketones (excluding diaryl/α,β-unsaturated/α-hetero) is 4. The maximum atomic E-state index is 12.7. The second kappa shape index (κ2) is 15.0. The van der Waals surface area contributed by atoms with Gasteiger partial charge < -0.3 is 15.4 Å². The standard InChI is InChI=1S/C26H30Cl4N2O6S/c1-13(33)25(36)19-22(29)20(27)18(21(28)23(19)30)16(35)8-5-11-38-10-4-7-14(34)6-2-3-9-17-24-15(12-39-17)31-26(37)32-24/h15,17,24H,2-12H2,1H3,(H2,31,32,37).